The van der Waals surface area contributed by atoms with Crippen LogP contribution in [0.25, 0.3) is 12.2 Å². The summed E-state index contributed by atoms with van der Waals surface area (Å²) in [6, 6.07) is 26.9. The minimum Gasteiger partial charge on any atom is -0.307 e. The van der Waals surface area contributed by atoms with Crippen LogP contribution in [-0.4, -0.2) is 24.9 Å². The Bertz CT molecular complexity index is 1130. The molecule has 0 aliphatic rings. The van der Waals surface area contributed by atoms with Gasteiger partial charge in [-0.15, -0.1) is 22.7 Å². The Hall–Kier alpha value is -3.74. The number of anilines is 2. The first kappa shape index (κ1) is 23.4. The Balaban J connectivity index is 1.55. The smallest absolute Gasteiger partial charge is 0.251 e. The molecule has 4 rings (SSSR count). The van der Waals surface area contributed by atoms with E-state index in [4.69, 9.17) is 0 Å². The van der Waals surface area contributed by atoms with Crippen molar-refractivity contribution >= 4 is 58.0 Å². The van der Waals surface area contributed by atoms with Gasteiger partial charge in [-0.1, -0.05) is 48.5 Å². The lowest BCUT2D eigenvalue weighted by Gasteiger charge is -2.27. The Labute approximate surface area is 207 Å². The molecule has 0 spiro atoms. The van der Waals surface area contributed by atoms with Crippen LogP contribution < -0.4 is 9.80 Å². The van der Waals surface area contributed by atoms with Crippen LogP contribution in [0.3, 0.4) is 0 Å². The molecule has 0 unspecified atom stereocenters. The lowest BCUT2D eigenvalue weighted by molar-refractivity contribution is -0.115. The molecule has 0 N–H and O–H groups in total. The molecule has 2 heterocycles. The maximum Gasteiger partial charge on any atom is 0.251 e. The number of carbonyl (C=O) groups is 2. The van der Waals surface area contributed by atoms with Crippen LogP contribution in [0.2, 0.25) is 0 Å². The molecule has 0 atom stereocenters. The average molecular weight is 485 g/mol. The molecule has 4 nitrogen and oxygen atoms in total. The van der Waals surface area contributed by atoms with Gasteiger partial charge in [-0.2, -0.15) is 0 Å². The highest BCUT2D eigenvalue weighted by Crippen LogP contribution is 2.19. The Morgan fingerprint density at radius 3 is 1.35 bits per heavy atom. The molecule has 0 saturated carbocycles. The molecule has 4 aromatic rings. The highest BCUT2D eigenvalue weighted by Gasteiger charge is 2.18. The third-order valence-electron chi connectivity index (χ3n) is 5.08. The number of nitrogens with zero attached hydrogens (tertiary/aromatic N) is 2. The number of amides is 2. The van der Waals surface area contributed by atoms with Crippen molar-refractivity contribution in [3.05, 3.63) is 118 Å². The summed E-state index contributed by atoms with van der Waals surface area (Å²) < 4.78 is 0. The van der Waals surface area contributed by atoms with Crippen LogP contribution in [0.4, 0.5) is 11.4 Å². The van der Waals surface area contributed by atoms with Crippen molar-refractivity contribution in [2.75, 3.05) is 22.9 Å². The quantitative estimate of drug-likeness (QED) is 0.251. The van der Waals surface area contributed by atoms with Gasteiger partial charge in [-0.25, -0.2) is 0 Å². The predicted molar refractivity (Wildman–Crippen MR) is 144 cm³/mol. The molecule has 0 radical (unpaired) electrons. The number of thiophene rings is 2. The van der Waals surface area contributed by atoms with E-state index in [1.165, 1.54) is 0 Å². The zero-order chi connectivity index (χ0) is 23.6. The molecule has 34 heavy (non-hydrogen) atoms. The van der Waals surface area contributed by atoms with E-state index < -0.39 is 0 Å². The van der Waals surface area contributed by atoms with Gasteiger partial charge in [-0.3, -0.25) is 9.59 Å². The lowest BCUT2D eigenvalue weighted by atomic mass is 10.2. The number of benzene rings is 2. The molecule has 0 aliphatic carbocycles. The average Bonchev–Trinajstić information content (AvgIpc) is 3.59. The van der Waals surface area contributed by atoms with Crippen molar-refractivity contribution in [1.29, 1.82) is 0 Å². The van der Waals surface area contributed by atoms with E-state index in [2.05, 4.69) is 0 Å². The van der Waals surface area contributed by atoms with Crippen molar-refractivity contribution in [3.8, 4) is 0 Å². The predicted octanol–water partition coefficient (Wildman–Crippen LogP) is 6.60. The van der Waals surface area contributed by atoms with Gasteiger partial charge in [0.25, 0.3) is 11.8 Å². The summed E-state index contributed by atoms with van der Waals surface area (Å²) in [5.41, 5.74) is 1.58. The van der Waals surface area contributed by atoms with Crippen molar-refractivity contribution in [3.63, 3.8) is 0 Å². The van der Waals surface area contributed by atoms with Crippen LogP contribution in [0.5, 0.6) is 0 Å². The first-order valence-electron chi connectivity index (χ1n) is 10.9. The fraction of sp³-hybridized carbons (Fsp3) is 0.0714. The maximum atomic E-state index is 13.2. The summed E-state index contributed by atoms with van der Waals surface area (Å²) in [7, 11) is 0. The molecule has 0 saturated heterocycles. The number of carbonyl (C=O) groups excluding carboxylic acids is 2. The standard InChI is InChI=1S/C28H24N2O2S2/c31-27(17-15-25-13-7-21-33-25)29(23-9-3-1-4-10-23)19-20-30(24-11-5-2-6-12-24)28(32)18-16-26-14-8-22-34-26/h1-18,21-22H,19-20H2. The summed E-state index contributed by atoms with van der Waals surface area (Å²) in [6.45, 7) is 0.705. The van der Waals surface area contributed by atoms with E-state index in [-0.39, 0.29) is 11.8 Å². The monoisotopic (exact) mass is 484 g/mol. The maximum absolute atomic E-state index is 13.2. The molecule has 2 aromatic carbocycles. The molecule has 0 aliphatic heterocycles. The van der Waals surface area contributed by atoms with Crippen LogP contribution in [0, 0.1) is 0 Å². The van der Waals surface area contributed by atoms with Gasteiger partial charge in [0.2, 0.25) is 0 Å². The molecule has 6 heteroatoms. The summed E-state index contributed by atoms with van der Waals surface area (Å²) in [5, 5.41) is 3.96. The number of para-hydroxylation sites is 2. The van der Waals surface area contributed by atoms with E-state index in [1.807, 2.05) is 108 Å². The first-order chi connectivity index (χ1) is 16.7. The second-order valence-corrected chi connectivity index (χ2v) is 9.31. The van der Waals surface area contributed by atoms with Gasteiger partial charge in [0.05, 0.1) is 0 Å². The highest BCUT2D eigenvalue weighted by molar-refractivity contribution is 7.11. The fourth-order valence-electron chi connectivity index (χ4n) is 3.41. The molecule has 2 aromatic heterocycles. The van der Waals surface area contributed by atoms with E-state index in [1.54, 1.807) is 44.6 Å². The van der Waals surface area contributed by atoms with Gasteiger partial charge in [-0.05, 0) is 59.3 Å². The summed E-state index contributed by atoms with van der Waals surface area (Å²) in [6.07, 6.45) is 6.83. The third-order valence-corrected chi connectivity index (χ3v) is 6.76. The van der Waals surface area contributed by atoms with Crippen molar-refractivity contribution < 1.29 is 9.59 Å². The van der Waals surface area contributed by atoms with Crippen LogP contribution in [-0.2, 0) is 9.59 Å². The van der Waals surface area contributed by atoms with Gasteiger partial charge in [0, 0.05) is 46.4 Å². The molecular formula is C28H24N2O2S2. The van der Waals surface area contributed by atoms with E-state index in [0.717, 1.165) is 21.1 Å². The van der Waals surface area contributed by atoms with E-state index >= 15 is 0 Å². The van der Waals surface area contributed by atoms with Crippen LogP contribution >= 0.6 is 22.7 Å². The Morgan fingerprint density at radius 1 is 0.588 bits per heavy atom. The molecular weight excluding hydrogens is 460 g/mol. The number of hydrogen-bond acceptors (Lipinski definition) is 4. The van der Waals surface area contributed by atoms with E-state index in [9.17, 15) is 9.59 Å². The van der Waals surface area contributed by atoms with Gasteiger partial charge in [0.1, 0.15) is 0 Å². The van der Waals surface area contributed by atoms with Crippen molar-refractivity contribution in [2.45, 2.75) is 0 Å². The number of rotatable bonds is 9. The van der Waals surface area contributed by atoms with E-state index in [0.29, 0.717) is 13.1 Å². The van der Waals surface area contributed by atoms with Crippen molar-refractivity contribution in [2.24, 2.45) is 0 Å². The third kappa shape index (κ3) is 6.41. The normalized spacial score (nSPS) is 11.2. The van der Waals surface area contributed by atoms with Crippen LogP contribution in [0.1, 0.15) is 9.75 Å². The zero-order valence-corrected chi connectivity index (χ0v) is 20.1. The minimum atomic E-state index is -0.130. The second kappa shape index (κ2) is 11.9. The fourth-order valence-corrected chi connectivity index (χ4v) is 4.64. The molecule has 2 amide bonds. The Kier molecular flexibility index (Phi) is 8.22. The topological polar surface area (TPSA) is 40.6 Å². The summed E-state index contributed by atoms with van der Waals surface area (Å²) >= 11 is 3.16. The van der Waals surface area contributed by atoms with Crippen LogP contribution in [0.15, 0.2) is 108 Å². The van der Waals surface area contributed by atoms with Crippen molar-refractivity contribution in [1.82, 2.24) is 0 Å². The summed E-state index contributed by atoms with van der Waals surface area (Å²) in [5.74, 6) is -0.261. The molecule has 0 bridgehead atoms. The molecule has 0 fully saturated rings. The highest BCUT2D eigenvalue weighted by atomic mass is 32.1. The summed E-state index contributed by atoms with van der Waals surface area (Å²) in [4.78, 5) is 31.8. The SMILES string of the molecule is O=C(C=Cc1cccs1)N(CCN(C(=O)C=Cc1cccs1)c1ccccc1)c1ccccc1. The first-order valence-corrected chi connectivity index (χ1v) is 12.6. The van der Waals surface area contributed by atoms with Gasteiger partial charge < -0.3 is 9.80 Å². The number of hydrogen-bond donors (Lipinski definition) is 0. The van der Waals surface area contributed by atoms with Gasteiger partial charge >= 0.3 is 0 Å². The second-order valence-electron chi connectivity index (χ2n) is 7.35. The van der Waals surface area contributed by atoms with Gasteiger partial charge in [0.15, 0.2) is 0 Å². The zero-order valence-electron chi connectivity index (χ0n) is 18.5. The lowest BCUT2D eigenvalue weighted by Crippen LogP contribution is -2.40. The molecule has 170 valence electrons. The minimum absolute atomic E-state index is 0.130. The Morgan fingerprint density at radius 2 is 1.00 bits per heavy atom. The largest absolute Gasteiger partial charge is 0.307 e.